The summed E-state index contributed by atoms with van der Waals surface area (Å²) in [6, 6.07) is 11.2. The number of benzene rings is 1. The Morgan fingerprint density at radius 3 is 2.64 bits per heavy atom. The molecule has 1 aromatic heterocycles. The normalized spacial score (nSPS) is 14.3. The molecule has 0 bridgehead atoms. The number of aromatic nitrogens is 2. The van der Waals surface area contributed by atoms with E-state index >= 15 is 0 Å². The molecule has 1 saturated heterocycles. The summed E-state index contributed by atoms with van der Waals surface area (Å²) >= 11 is 6.05. The fraction of sp³-hybridized carbons (Fsp3) is 0.278. The summed E-state index contributed by atoms with van der Waals surface area (Å²) in [6.07, 6.45) is 1.74. The van der Waals surface area contributed by atoms with Gasteiger partial charge in [-0.25, -0.2) is 0 Å². The van der Waals surface area contributed by atoms with E-state index in [0.29, 0.717) is 31.1 Å². The number of amides is 1. The van der Waals surface area contributed by atoms with Gasteiger partial charge in [0, 0.05) is 43.4 Å². The molecule has 1 N–H and O–H groups in total. The Bertz CT molecular complexity index is 741. The average Bonchev–Trinajstić information content (AvgIpc) is 2.66. The van der Waals surface area contributed by atoms with E-state index in [0.717, 1.165) is 23.8 Å². The lowest BCUT2D eigenvalue weighted by Crippen LogP contribution is -2.49. The van der Waals surface area contributed by atoms with Crippen LogP contribution < -0.4 is 10.2 Å². The molecular formula is C18H20ClN5O. The predicted molar refractivity (Wildman–Crippen MR) is 100 cm³/mol. The lowest BCUT2D eigenvalue weighted by atomic mass is 10.2. The molecule has 0 aliphatic carbocycles. The molecule has 1 fully saturated rings. The second-order valence-electron chi connectivity index (χ2n) is 5.73. The van der Waals surface area contributed by atoms with Gasteiger partial charge in [0.25, 0.3) is 5.91 Å². The Morgan fingerprint density at radius 1 is 1.20 bits per heavy atom. The van der Waals surface area contributed by atoms with E-state index in [-0.39, 0.29) is 5.91 Å². The van der Waals surface area contributed by atoms with Gasteiger partial charge in [0.05, 0.1) is 0 Å². The van der Waals surface area contributed by atoms with Crippen LogP contribution in [0, 0.1) is 0 Å². The number of nitrogens with zero attached hydrogens (tertiary/aromatic N) is 4. The summed E-state index contributed by atoms with van der Waals surface area (Å²) in [6.45, 7) is 7.05. The van der Waals surface area contributed by atoms with Crippen molar-refractivity contribution in [2.24, 2.45) is 0 Å². The lowest BCUT2D eigenvalue weighted by Gasteiger charge is -2.36. The second kappa shape index (κ2) is 7.98. The average molecular weight is 358 g/mol. The number of halogens is 1. The van der Waals surface area contributed by atoms with Crippen molar-refractivity contribution in [1.82, 2.24) is 15.1 Å². The quantitative estimate of drug-likeness (QED) is 0.834. The van der Waals surface area contributed by atoms with Gasteiger partial charge < -0.3 is 15.1 Å². The molecule has 0 atom stereocenters. The van der Waals surface area contributed by atoms with Crippen LogP contribution in [0.3, 0.4) is 0 Å². The van der Waals surface area contributed by atoms with Crippen molar-refractivity contribution in [3.05, 3.63) is 59.8 Å². The Balaban J connectivity index is 1.58. The zero-order valence-corrected chi connectivity index (χ0v) is 14.6. The van der Waals surface area contributed by atoms with Crippen molar-refractivity contribution < 1.29 is 4.79 Å². The molecule has 25 heavy (non-hydrogen) atoms. The number of carbonyl (C=O) groups excluding carboxylic acids is 1. The summed E-state index contributed by atoms with van der Waals surface area (Å²) in [4.78, 5) is 16.6. The van der Waals surface area contributed by atoms with Crippen LogP contribution in [0.2, 0.25) is 5.02 Å². The van der Waals surface area contributed by atoms with Crippen LogP contribution in [-0.4, -0.2) is 53.7 Å². The summed E-state index contributed by atoms with van der Waals surface area (Å²) in [5.74, 6) is 0.538. The third-order valence-corrected chi connectivity index (χ3v) is 4.29. The third kappa shape index (κ3) is 4.28. The molecule has 130 valence electrons. The smallest absolute Gasteiger partial charge is 0.274 e. The van der Waals surface area contributed by atoms with Gasteiger partial charge in [-0.15, -0.1) is 16.8 Å². The van der Waals surface area contributed by atoms with Gasteiger partial charge in [0.1, 0.15) is 5.82 Å². The molecule has 1 aromatic carbocycles. The molecule has 2 aromatic rings. The van der Waals surface area contributed by atoms with Crippen LogP contribution in [0.25, 0.3) is 0 Å². The summed E-state index contributed by atoms with van der Waals surface area (Å²) in [5.41, 5.74) is 1.44. The first-order chi connectivity index (χ1) is 12.2. The number of nitrogens with one attached hydrogen (secondary N) is 1. The first kappa shape index (κ1) is 17.2. The second-order valence-corrected chi connectivity index (χ2v) is 6.17. The fourth-order valence-corrected chi connectivity index (χ4v) is 2.90. The van der Waals surface area contributed by atoms with E-state index in [1.165, 1.54) is 0 Å². The molecule has 1 aliphatic heterocycles. The third-order valence-electron chi connectivity index (χ3n) is 4.05. The molecule has 0 radical (unpaired) electrons. The number of piperazine rings is 1. The van der Waals surface area contributed by atoms with Crippen molar-refractivity contribution in [3.8, 4) is 0 Å². The maximum atomic E-state index is 12.6. The van der Waals surface area contributed by atoms with Gasteiger partial charge in [-0.05, 0) is 30.3 Å². The Labute approximate surface area is 152 Å². The molecule has 7 heteroatoms. The van der Waals surface area contributed by atoms with Crippen molar-refractivity contribution in [2.75, 3.05) is 42.9 Å². The Kier molecular flexibility index (Phi) is 5.50. The predicted octanol–water partition coefficient (Wildman–Crippen LogP) is 2.69. The van der Waals surface area contributed by atoms with Crippen LogP contribution in [0.1, 0.15) is 10.5 Å². The van der Waals surface area contributed by atoms with E-state index in [4.69, 9.17) is 11.6 Å². The standard InChI is InChI=1S/C18H20ClN5O/c1-2-8-20-17-7-6-16(21-22-17)18(25)24-11-9-23(10-12-24)15-5-3-4-14(19)13-15/h2-7,13H,1,8-12H2,(H,20,22). The molecule has 2 heterocycles. The van der Waals surface area contributed by atoms with Crippen LogP contribution in [0.15, 0.2) is 49.1 Å². The molecule has 6 nitrogen and oxygen atoms in total. The van der Waals surface area contributed by atoms with Gasteiger partial charge >= 0.3 is 0 Å². The van der Waals surface area contributed by atoms with Crippen molar-refractivity contribution in [2.45, 2.75) is 0 Å². The fourth-order valence-electron chi connectivity index (χ4n) is 2.72. The molecular weight excluding hydrogens is 338 g/mol. The number of hydrogen-bond donors (Lipinski definition) is 1. The highest BCUT2D eigenvalue weighted by Crippen LogP contribution is 2.21. The summed E-state index contributed by atoms with van der Waals surface area (Å²) in [7, 11) is 0. The lowest BCUT2D eigenvalue weighted by molar-refractivity contribution is 0.0739. The van der Waals surface area contributed by atoms with Crippen LogP contribution in [0.4, 0.5) is 11.5 Å². The van der Waals surface area contributed by atoms with Gasteiger partial charge in [0.2, 0.25) is 0 Å². The molecule has 0 spiro atoms. The summed E-state index contributed by atoms with van der Waals surface area (Å²) in [5, 5.41) is 11.8. The maximum absolute atomic E-state index is 12.6. The Hall–Kier alpha value is -2.60. The van der Waals surface area contributed by atoms with E-state index in [1.807, 2.05) is 29.2 Å². The minimum Gasteiger partial charge on any atom is -0.368 e. The highest BCUT2D eigenvalue weighted by molar-refractivity contribution is 6.30. The monoisotopic (exact) mass is 357 g/mol. The molecule has 3 rings (SSSR count). The van der Waals surface area contributed by atoms with Crippen LogP contribution >= 0.6 is 11.6 Å². The molecule has 1 amide bonds. The van der Waals surface area contributed by atoms with Gasteiger partial charge in [-0.1, -0.05) is 23.7 Å². The SMILES string of the molecule is C=CCNc1ccc(C(=O)N2CCN(c3cccc(Cl)c3)CC2)nn1. The van der Waals surface area contributed by atoms with E-state index < -0.39 is 0 Å². The minimum absolute atomic E-state index is 0.0893. The number of anilines is 2. The van der Waals surface area contributed by atoms with Crippen LogP contribution in [-0.2, 0) is 0 Å². The highest BCUT2D eigenvalue weighted by Gasteiger charge is 2.23. The van der Waals surface area contributed by atoms with Gasteiger partial charge in [-0.3, -0.25) is 4.79 Å². The summed E-state index contributed by atoms with van der Waals surface area (Å²) < 4.78 is 0. The largest absolute Gasteiger partial charge is 0.368 e. The van der Waals surface area contributed by atoms with E-state index in [2.05, 4.69) is 27.0 Å². The van der Waals surface area contributed by atoms with E-state index in [9.17, 15) is 4.79 Å². The molecule has 0 saturated carbocycles. The van der Waals surface area contributed by atoms with Crippen LogP contribution in [0.5, 0.6) is 0 Å². The first-order valence-electron chi connectivity index (χ1n) is 8.15. The van der Waals surface area contributed by atoms with E-state index in [1.54, 1.807) is 18.2 Å². The van der Waals surface area contributed by atoms with Gasteiger partial charge in [0.15, 0.2) is 5.69 Å². The number of hydrogen-bond acceptors (Lipinski definition) is 5. The number of rotatable bonds is 5. The maximum Gasteiger partial charge on any atom is 0.274 e. The number of carbonyl (C=O) groups is 1. The highest BCUT2D eigenvalue weighted by atomic mass is 35.5. The van der Waals surface area contributed by atoms with Crippen molar-refractivity contribution in [3.63, 3.8) is 0 Å². The first-order valence-corrected chi connectivity index (χ1v) is 8.53. The van der Waals surface area contributed by atoms with Crippen molar-refractivity contribution >= 4 is 29.0 Å². The molecule has 1 aliphatic rings. The Morgan fingerprint density at radius 2 is 2.00 bits per heavy atom. The topological polar surface area (TPSA) is 61.4 Å². The van der Waals surface area contributed by atoms with Gasteiger partial charge in [-0.2, -0.15) is 0 Å². The van der Waals surface area contributed by atoms with Crippen molar-refractivity contribution in [1.29, 1.82) is 0 Å². The zero-order chi connectivity index (χ0) is 17.6. The minimum atomic E-state index is -0.0893. The zero-order valence-electron chi connectivity index (χ0n) is 13.9. The molecule has 0 unspecified atom stereocenters.